The average molecular weight is 480 g/mol. The van der Waals surface area contributed by atoms with Crippen LogP contribution in [0.3, 0.4) is 0 Å². The fourth-order valence-electron chi connectivity index (χ4n) is 4.51. The lowest BCUT2D eigenvalue weighted by Crippen LogP contribution is -2.38. The summed E-state index contributed by atoms with van der Waals surface area (Å²) in [6, 6.07) is 13.4. The van der Waals surface area contributed by atoms with Gasteiger partial charge in [-0.25, -0.2) is 0 Å². The Morgan fingerprint density at radius 3 is 2.34 bits per heavy atom. The topological polar surface area (TPSA) is 86.9 Å². The van der Waals surface area contributed by atoms with E-state index in [1.807, 2.05) is 47.4 Å². The standard InChI is InChI=1S/C27H33N3O5/c1-32-22-11-9-20(10-12-22)26-28-25(35-29-26)15-17-30(27(31)21-6-4-5-7-21)16-14-19-8-13-23(33-2)24(18-19)34-3/h8-13,18,21H,4-7,14-17H2,1-3H3. The number of hydrogen-bond acceptors (Lipinski definition) is 7. The van der Waals surface area contributed by atoms with Crippen molar-refractivity contribution in [2.24, 2.45) is 5.92 Å². The van der Waals surface area contributed by atoms with E-state index in [4.69, 9.17) is 18.7 Å². The number of carbonyl (C=O) groups is 1. The predicted octanol–water partition coefficient (Wildman–Crippen LogP) is 4.57. The zero-order chi connectivity index (χ0) is 24.6. The van der Waals surface area contributed by atoms with Gasteiger partial charge in [-0.2, -0.15) is 4.98 Å². The Bertz CT molecular complexity index is 1110. The molecular weight excluding hydrogens is 446 g/mol. The van der Waals surface area contributed by atoms with Gasteiger partial charge in [-0.05, 0) is 61.2 Å². The summed E-state index contributed by atoms with van der Waals surface area (Å²) < 4.78 is 21.5. The van der Waals surface area contributed by atoms with E-state index in [0.29, 0.717) is 42.7 Å². The van der Waals surface area contributed by atoms with Crippen LogP contribution in [0.1, 0.15) is 37.1 Å². The predicted molar refractivity (Wildman–Crippen MR) is 132 cm³/mol. The molecule has 1 aromatic heterocycles. The van der Waals surface area contributed by atoms with Crippen molar-refractivity contribution in [3.63, 3.8) is 0 Å². The number of aromatic nitrogens is 2. The van der Waals surface area contributed by atoms with Crippen molar-refractivity contribution in [1.29, 1.82) is 0 Å². The number of methoxy groups -OCH3 is 3. The molecular formula is C27H33N3O5. The Hall–Kier alpha value is -3.55. The zero-order valence-electron chi connectivity index (χ0n) is 20.7. The Morgan fingerprint density at radius 2 is 1.66 bits per heavy atom. The van der Waals surface area contributed by atoms with Gasteiger partial charge in [-0.3, -0.25) is 4.79 Å². The molecule has 1 fully saturated rings. The van der Waals surface area contributed by atoms with Crippen molar-refractivity contribution in [2.45, 2.75) is 38.5 Å². The number of ether oxygens (including phenoxy) is 3. The number of rotatable bonds is 11. The third kappa shape index (κ3) is 6.12. The normalized spacial score (nSPS) is 13.6. The third-order valence-electron chi connectivity index (χ3n) is 6.55. The first-order chi connectivity index (χ1) is 17.1. The highest BCUT2D eigenvalue weighted by Gasteiger charge is 2.27. The molecule has 1 saturated carbocycles. The molecule has 0 atom stereocenters. The fourth-order valence-corrected chi connectivity index (χ4v) is 4.51. The van der Waals surface area contributed by atoms with Crippen molar-refractivity contribution < 1.29 is 23.5 Å². The summed E-state index contributed by atoms with van der Waals surface area (Å²) in [4.78, 5) is 19.8. The molecule has 1 heterocycles. The van der Waals surface area contributed by atoms with E-state index >= 15 is 0 Å². The Morgan fingerprint density at radius 1 is 0.943 bits per heavy atom. The maximum Gasteiger partial charge on any atom is 0.228 e. The molecule has 35 heavy (non-hydrogen) atoms. The molecule has 8 nitrogen and oxygen atoms in total. The molecule has 0 saturated heterocycles. The smallest absolute Gasteiger partial charge is 0.228 e. The van der Waals surface area contributed by atoms with Crippen LogP contribution in [0.4, 0.5) is 0 Å². The summed E-state index contributed by atoms with van der Waals surface area (Å²) >= 11 is 0. The summed E-state index contributed by atoms with van der Waals surface area (Å²) in [5.41, 5.74) is 1.94. The molecule has 186 valence electrons. The molecule has 0 spiro atoms. The van der Waals surface area contributed by atoms with Crippen LogP contribution in [0.25, 0.3) is 11.4 Å². The lowest BCUT2D eigenvalue weighted by Gasteiger charge is -2.25. The SMILES string of the molecule is COc1ccc(-c2noc(CCN(CCc3ccc(OC)c(OC)c3)C(=O)C3CCCC3)n2)cc1. The van der Waals surface area contributed by atoms with Crippen LogP contribution in [0.2, 0.25) is 0 Å². The van der Waals surface area contributed by atoms with Crippen LogP contribution in [0.5, 0.6) is 17.2 Å². The lowest BCUT2D eigenvalue weighted by atomic mass is 10.1. The zero-order valence-corrected chi connectivity index (χ0v) is 20.7. The summed E-state index contributed by atoms with van der Waals surface area (Å²) in [5.74, 6) is 3.53. The third-order valence-corrected chi connectivity index (χ3v) is 6.55. The van der Waals surface area contributed by atoms with E-state index in [1.165, 1.54) is 0 Å². The van der Waals surface area contributed by atoms with Crippen molar-refractivity contribution in [2.75, 3.05) is 34.4 Å². The van der Waals surface area contributed by atoms with Gasteiger partial charge in [0.15, 0.2) is 11.5 Å². The highest BCUT2D eigenvalue weighted by molar-refractivity contribution is 5.79. The van der Waals surface area contributed by atoms with Crippen molar-refractivity contribution in [3.8, 4) is 28.6 Å². The van der Waals surface area contributed by atoms with Gasteiger partial charge in [-0.15, -0.1) is 0 Å². The van der Waals surface area contributed by atoms with Gasteiger partial charge in [0.1, 0.15) is 5.75 Å². The molecule has 0 N–H and O–H groups in total. The number of hydrogen-bond donors (Lipinski definition) is 0. The molecule has 1 aliphatic rings. The van der Waals surface area contributed by atoms with E-state index in [1.54, 1.807) is 21.3 Å². The second kappa shape index (κ2) is 11.7. The average Bonchev–Trinajstić information content (AvgIpc) is 3.61. The summed E-state index contributed by atoms with van der Waals surface area (Å²) in [6.07, 6.45) is 5.40. The van der Waals surface area contributed by atoms with E-state index in [9.17, 15) is 4.79 Å². The molecule has 0 aliphatic heterocycles. The van der Waals surface area contributed by atoms with Crippen LogP contribution >= 0.6 is 0 Å². The van der Waals surface area contributed by atoms with Gasteiger partial charge in [0.05, 0.1) is 21.3 Å². The maximum atomic E-state index is 13.3. The molecule has 1 aliphatic carbocycles. The molecule has 4 rings (SSSR count). The fraction of sp³-hybridized carbons (Fsp3) is 0.444. The maximum absolute atomic E-state index is 13.3. The van der Waals surface area contributed by atoms with Crippen LogP contribution in [0.15, 0.2) is 47.0 Å². The first kappa shape index (κ1) is 24.6. The molecule has 1 amide bonds. The highest BCUT2D eigenvalue weighted by atomic mass is 16.5. The monoisotopic (exact) mass is 479 g/mol. The van der Waals surface area contributed by atoms with Crippen molar-refractivity contribution in [1.82, 2.24) is 15.0 Å². The van der Waals surface area contributed by atoms with Gasteiger partial charge in [0, 0.05) is 31.0 Å². The minimum atomic E-state index is 0.109. The molecule has 2 aromatic carbocycles. The number of carbonyl (C=O) groups excluding carboxylic acids is 1. The van der Waals surface area contributed by atoms with E-state index < -0.39 is 0 Å². The van der Waals surface area contributed by atoms with E-state index in [0.717, 1.165) is 49.0 Å². The Labute approximate surface area is 206 Å². The Kier molecular flexibility index (Phi) is 8.23. The molecule has 0 bridgehead atoms. The van der Waals surface area contributed by atoms with E-state index in [-0.39, 0.29) is 11.8 Å². The second-order valence-electron chi connectivity index (χ2n) is 8.74. The van der Waals surface area contributed by atoms with E-state index in [2.05, 4.69) is 10.1 Å². The van der Waals surface area contributed by atoms with Crippen LogP contribution in [0, 0.1) is 5.92 Å². The molecule has 3 aromatic rings. The van der Waals surface area contributed by atoms with Crippen LogP contribution < -0.4 is 14.2 Å². The van der Waals surface area contributed by atoms with Gasteiger partial charge >= 0.3 is 0 Å². The summed E-state index contributed by atoms with van der Waals surface area (Å²) in [7, 11) is 4.88. The molecule has 8 heteroatoms. The molecule has 0 radical (unpaired) electrons. The van der Waals surface area contributed by atoms with Crippen LogP contribution in [-0.4, -0.2) is 55.4 Å². The second-order valence-corrected chi connectivity index (χ2v) is 8.74. The lowest BCUT2D eigenvalue weighted by molar-refractivity contribution is -0.135. The summed E-state index contributed by atoms with van der Waals surface area (Å²) in [5, 5.41) is 4.12. The summed E-state index contributed by atoms with van der Waals surface area (Å²) in [6.45, 7) is 1.15. The number of nitrogens with zero attached hydrogens (tertiary/aromatic N) is 3. The largest absolute Gasteiger partial charge is 0.497 e. The first-order valence-electron chi connectivity index (χ1n) is 12.1. The van der Waals surface area contributed by atoms with Gasteiger partial charge < -0.3 is 23.6 Å². The quantitative estimate of drug-likeness (QED) is 0.398. The minimum Gasteiger partial charge on any atom is -0.497 e. The molecule has 0 unspecified atom stereocenters. The first-order valence-corrected chi connectivity index (χ1v) is 12.1. The van der Waals surface area contributed by atoms with Crippen molar-refractivity contribution >= 4 is 5.91 Å². The number of amides is 1. The van der Waals surface area contributed by atoms with Gasteiger partial charge in [0.25, 0.3) is 0 Å². The van der Waals surface area contributed by atoms with Gasteiger partial charge in [0.2, 0.25) is 17.6 Å². The van der Waals surface area contributed by atoms with Gasteiger partial charge in [-0.1, -0.05) is 24.1 Å². The van der Waals surface area contributed by atoms with Crippen LogP contribution in [-0.2, 0) is 17.6 Å². The number of benzene rings is 2. The Balaban J connectivity index is 1.42. The van der Waals surface area contributed by atoms with Crippen molar-refractivity contribution in [3.05, 3.63) is 53.9 Å². The minimum absolute atomic E-state index is 0.109. The highest BCUT2D eigenvalue weighted by Crippen LogP contribution is 2.29.